The molecular weight excluding hydrogens is 432 g/mol. The van der Waals surface area contributed by atoms with Gasteiger partial charge in [0.1, 0.15) is 18.2 Å². The number of pyridine rings is 1. The molecule has 0 saturated heterocycles. The first kappa shape index (κ1) is 22.8. The van der Waals surface area contributed by atoms with Crippen molar-refractivity contribution in [1.82, 2.24) is 24.9 Å². The van der Waals surface area contributed by atoms with E-state index in [1.165, 1.54) is 20.0 Å². The highest BCUT2D eigenvalue weighted by atomic mass is 19.1. The quantitative estimate of drug-likeness (QED) is 0.409. The fourth-order valence-corrected chi connectivity index (χ4v) is 3.64. The molecule has 3 heterocycles. The molecule has 3 unspecified atom stereocenters. The van der Waals surface area contributed by atoms with Gasteiger partial charge < -0.3 is 21.1 Å². The molecule has 1 fully saturated rings. The number of amides is 1. The van der Waals surface area contributed by atoms with Crippen molar-refractivity contribution in [2.45, 2.75) is 57.1 Å². The van der Waals surface area contributed by atoms with Crippen LogP contribution in [-0.4, -0.2) is 61.1 Å². The van der Waals surface area contributed by atoms with Crippen molar-refractivity contribution in [2.24, 2.45) is 0 Å². The van der Waals surface area contributed by atoms with E-state index in [0.717, 1.165) is 0 Å². The molecule has 3 aromatic rings. The van der Waals surface area contributed by atoms with Crippen LogP contribution in [0, 0.1) is 0 Å². The van der Waals surface area contributed by atoms with E-state index in [2.05, 4.69) is 31.0 Å². The summed E-state index contributed by atoms with van der Waals surface area (Å²) in [6.07, 6.45) is 3.64. The lowest BCUT2D eigenvalue weighted by molar-refractivity contribution is -0.00177. The Labute approximate surface area is 189 Å². The number of aromatic nitrogens is 4. The highest BCUT2D eigenvalue weighted by Gasteiger charge is 2.28. The van der Waals surface area contributed by atoms with Crippen molar-refractivity contribution < 1.29 is 18.7 Å². The van der Waals surface area contributed by atoms with Gasteiger partial charge in [-0.05, 0) is 45.2 Å². The average molecular weight is 460 g/mol. The number of nitrogens with zero attached hydrogens (tertiary/aromatic N) is 4. The molecule has 9 nitrogen and oxygen atoms in total. The number of hydrogen-bond donors (Lipinski definition) is 4. The number of fused-ring (bicyclic) bond motifs is 1. The van der Waals surface area contributed by atoms with Crippen LogP contribution in [0.4, 0.5) is 26.1 Å². The van der Waals surface area contributed by atoms with Gasteiger partial charge in [0.15, 0.2) is 11.5 Å². The number of halogens is 2. The standard InChI is InChI=1S/C22H27F2N7O2/c1-22(2,33)17(24)12-27-21(32)15-11-26-19(10-16(15)28-14-4-3-13(23)9-14)29-18-5-6-20-25-7-8-31(20)30-18/h5-8,10-11,13-14,17,33H,3-4,9,12H2,1-2H3,(H,27,32)(H2,26,28,29,30). The summed E-state index contributed by atoms with van der Waals surface area (Å²) in [7, 11) is 0. The molecule has 1 saturated carbocycles. The monoisotopic (exact) mass is 459 g/mol. The number of nitrogens with one attached hydrogen (secondary N) is 3. The fourth-order valence-electron chi connectivity index (χ4n) is 3.64. The van der Waals surface area contributed by atoms with Crippen molar-refractivity contribution in [1.29, 1.82) is 0 Å². The largest absolute Gasteiger partial charge is 0.387 e. The van der Waals surface area contributed by atoms with Gasteiger partial charge >= 0.3 is 0 Å². The van der Waals surface area contributed by atoms with Gasteiger partial charge in [0, 0.05) is 30.7 Å². The molecule has 4 rings (SSSR count). The summed E-state index contributed by atoms with van der Waals surface area (Å²) in [5.41, 5.74) is -0.235. The van der Waals surface area contributed by atoms with Gasteiger partial charge in [-0.15, -0.1) is 5.10 Å². The van der Waals surface area contributed by atoms with Gasteiger partial charge in [0.2, 0.25) is 0 Å². The maximum absolute atomic E-state index is 14.1. The Morgan fingerprint density at radius 3 is 2.85 bits per heavy atom. The maximum Gasteiger partial charge on any atom is 0.255 e. The molecule has 11 heteroatoms. The van der Waals surface area contributed by atoms with Gasteiger partial charge in [0.05, 0.1) is 23.4 Å². The van der Waals surface area contributed by atoms with Crippen molar-refractivity contribution in [3.05, 3.63) is 42.4 Å². The number of carbonyl (C=O) groups excluding carboxylic acids is 1. The molecule has 33 heavy (non-hydrogen) atoms. The molecular formula is C22H27F2N7O2. The third kappa shape index (κ3) is 5.54. The van der Waals surface area contributed by atoms with Gasteiger partial charge in [0.25, 0.3) is 5.91 Å². The van der Waals surface area contributed by atoms with Crippen LogP contribution in [0.25, 0.3) is 5.65 Å². The number of anilines is 3. The minimum atomic E-state index is -1.64. The minimum absolute atomic E-state index is 0.132. The summed E-state index contributed by atoms with van der Waals surface area (Å²) in [6.45, 7) is 2.32. The Kier molecular flexibility index (Phi) is 6.41. The van der Waals surface area contributed by atoms with E-state index in [9.17, 15) is 18.7 Å². The first-order valence-corrected chi connectivity index (χ1v) is 10.8. The number of hydrogen-bond acceptors (Lipinski definition) is 7. The molecule has 3 aromatic heterocycles. The molecule has 176 valence electrons. The van der Waals surface area contributed by atoms with Crippen molar-refractivity contribution in [3.63, 3.8) is 0 Å². The Hall–Kier alpha value is -3.34. The Balaban J connectivity index is 1.55. The molecule has 1 amide bonds. The predicted octanol–water partition coefficient (Wildman–Crippen LogP) is 3.01. The highest BCUT2D eigenvalue weighted by molar-refractivity contribution is 5.99. The summed E-state index contributed by atoms with van der Waals surface area (Å²) < 4.78 is 29.4. The summed E-state index contributed by atoms with van der Waals surface area (Å²) in [6, 6.07) is 5.06. The third-order valence-electron chi connectivity index (χ3n) is 5.60. The SMILES string of the molecule is CC(C)(O)C(F)CNC(=O)c1cnc(Nc2ccc3nccn3n2)cc1NC1CCC(F)C1. The van der Waals surface area contributed by atoms with Gasteiger partial charge in [-0.1, -0.05) is 0 Å². The molecule has 0 aliphatic heterocycles. The third-order valence-corrected chi connectivity index (χ3v) is 5.60. The first-order valence-electron chi connectivity index (χ1n) is 10.8. The molecule has 1 aliphatic rings. The molecule has 4 N–H and O–H groups in total. The number of alkyl halides is 2. The van der Waals surface area contributed by atoms with Crippen LogP contribution in [0.15, 0.2) is 36.8 Å². The lowest BCUT2D eigenvalue weighted by Crippen LogP contribution is -2.42. The molecule has 3 atom stereocenters. The van der Waals surface area contributed by atoms with E-state index in [4.69, 9.17) is 0 Å². The maximum atomic E-state index is 14.1. The zero-order chi connectivity index (χ0) is 23.6. The van der Waals surface area contributed by atoms with Crippen molar-refractivity contribution in [3.8, 4) is 0 Å². The van der Waals surface area contributed by atoms with Crippen LogP contribution in [0.3, 0.4) is 0 Å². The van der Waals surface area contributed by atoms with Gasteiger partial charge in [-0.2, -0.15) is 0 Å². The highest BCUT2D eigenvalue weighted by Crippen LogP contribution is 2.28. The van der Waals surface area contributed by atoms with E-state index in [-0.39, 0.29) is 18.2 Å². The zero-order valence-corrected chi connectivity index (χ0v) is 18.4. The van der Waals surface area contributed by atoms with E-state index in [1.807, 2.05) is 0 Å². The molecule has 0 bridgehead atoms. The van der Waals surface area contributed by atoms with Gasteiger partial charge in [-0.25, -0.2) is 23.3 Å². The van der Waals surface area contributed by atoms with Crippen LogP contribution in [0.2, 0.25) is 0 Å². The summed E-state index contributed by atoms with van der Waals surface area (Å²) in [5, 5.41) is 23.0. The van der Waals surface area contributed by atoms with E-state index < -0.39 is 23.9 Å². The summed E-state index contributed by atoms with van der Waals surface area (Å²) >= 11 is 0. The zero-order valence-electron chi connectivity index (χ0n) is 18.4. The minimum Gasteiger partial charge on any atom is -0.387 e. The number of rotatable bonds is 8. The van der Waals surface area contributed by atoms with E-state index in [1.54, 1.807) is 35.1 Å². The number of carbonyl (C=O) groups is 1. The average Bonchev–Trinajstić information content (AvgIpc) is 3.39. The fraction of sp³-hybridized carbons (Fsp3) is 0.455. The smallest absolute Gasteiger partial charge is 0.255 e. The molecule has 0 radical (unpaired) electrons. The van der Waals surface area contributed by atoms with Gasteiger partial charge in [-0.3, -0.25) is 4.79 Å². The van der Waals surface area contributed by atoms with E-state index in [0.29, 0.717) is 42.2 Å². The first-order chi connectivity index (χ1) is 15.7. The Bertz CT molecular complexity index is 1130. The van der Waals surface area contributed by atoms with Crippen LogP contribution >= 0.6 is 0 Å². The predicted molar refractivity (Wildman–Crippen MR) is 120 cm³/mol. The molecule has 0 aromatic carbocycles. The van der Waals surface area contributed by atoms with Crippen LogP contribution in [-0.2, 0) is 0 Å². The lowest BCUT2D eigenvalue weighted by Gasteiger charge is -2.23. The van der Waals surface area contributed by atoms with Crippen molar-refractivity contribution in [2.75, 3.05) is 17.2 Å². The van der Waals surface area contributed by atoms with Crippen LogP contribution in [0.1, 0.15) is 43.5 Å². The molecule has 0 spiro atoms. The number of aliphatic hydroxyl groups is 1. The second-order valence-electron chi connectivity index (χ2n) is 8.77. The number of imidazole rings is 1. The van der Waals surface area contributed by atoms with E-state index >= 15 is 0 Å². The summed E-state index contributed by atoms with van der Waals surface area (Å²) in [4.78, 5) is 21.2. The van der Waals surface area contributed by atoms with Crippen LogP contribution in [0.5, 0.6) is 0 Å². The van der Waals surface area contributed by atoms with Crippen molar-refractivity contribution >= 4 is 28.9 Å². The lowest BCUT2D eigenvalue weighted by atomic mass is 10.0. The second-order valence-corrected chi connectivity index (χ2v) is 8.77. The Morgan fingerprint density at radius 2 is 2.12 bits per heavy atom. The summed E-state index contributed by atoms with van der Waals surface area (Å²) in [5.74, 6) is 0.401. The Morgan fingerprint density at radius 1 is 1.30 bits per heavy atom. The second kappa shape index (κ2) is 9.26. The van der Waals surface area contributed by atoms with Crippen LogP contribution < -0.4 is 16.0 Å². The molecule has 1 aliphatic carbocycles. The topological polar surface area (TPSA) is 116 Å². The normalized spacial score (nSPS) is 19.4.